The van der Waals surface area contributed by atoms with E-state index in [0.717, 1.165) is 32.0 Å². The molecule has 0 aromatic rings. The van der Waals surface area contributed by atoms with Crippen molar-refractivity contribution >= 4 is 5.91 Å². The molecule has 2 rings (SSSR count). The van der Waals surface area contributed by atoms with Crippen LogP contribution in [0.3, 0.4) is 0 Å². The Hall–Kier alpha value is -0.570. The quantitative estimate of drug-likeness (QED) is 0.815. The van der Waals surface area contributed by atoms with Crippen molar-refractivity contribution in [2.45, 2.75) is 63.8 Å². The van der Waals surface area contributed by atoms with Crippen molar-refractivity contribution in [3.05, 3.63) is 0 Å². The maximum Gasteiger partial charge on any atom is 0.222 e. The average molecular weight is 238 g/mol. The molecule has 1 unspecified atom stereocenters. The predicted molar refractivity (Wildman–Crippen MR) is 69.9 cm³/mol. The van der Waals surface area contributed by atoms with E-state index in [-0.39, 0.29) is 0 Å². The summed E-state index contributed by atoms with van der Waals surface area (Å²) in [5.74, 6) is 0.393. The Morgan fingerprint density at radius 3 is 2.88 bits per heavy atom. The molecule has 2 heterocycles. The molecule has 3 nitrogen and oxygen atoms in total. The first-order valence-corrected chi connectivity index (χ1v) is 7.37. The number of hydrogen-bond donors (Lipinski definition) is 1. The Kier molecular flexibility index (Phi) is 5.30. The molecule has 0 bridgehead atoms. The Morgan fingerprint density at radius 2 is 2.06 bits per heavy atom. The second kappa shape index (κ2) is 7.00. The fraction of sp³-hybridized carbons (Fsp3) is 0.929. The first kappa shape index (κ1) is 12.9. The summed E-state index contributed by atoms with van der Waals surface area (Å²) in [6, 6.07) is 0.722. The minimum Gasteiger partial charge on any atom is -0.343 e. The fourth-order valence-corrected chi connectivity index (χ4v) is 2.98. The molecule has 2 fully saturated rings. The Balaban J connectivity index is 1.66. The summed E-state index contributed by atoms with van der Waals surface area (Å²) < 4.78 is 0. The lowest BCUT2D eigenvalue weighted by Crippen LogP contribution is -2.34. The maximum absolute atomic E-state index is 11.9. The van der Waals surface area contributed by atoms with Gasteiger partial charge in [-0.2, -0.15) is 0 Å². The lowest BCUT2D eigenvalue weighted by molar-refractivity contribution is -0.131. The molecule has 0 aromatic carbocycles. The van der Waals surface area contributed by atoms with Crippen LogP contribution in [-0.2, 0) is 4.79 Å². The highest BCUT2D eigenvalue weighted by atomic mass is 16.2. The van der Waals surface area contributed by atoms with Crippen molar-refractivity contribution in [2.24, 2.45) is 0 Å². The van der Waals surface area contributed by atoms with E-state index in [2.05, 4.69) is 10.2 Å². The van der Waals surface area contributed by atoms with Crippen LogP contribution in [0.1, 0.15) is 57.8 Å². The molecule has 3 heteroatoms. The van der Waals surface area contributed by atoms with Gasteiger partial charge in [-0.05, 0) is 45.1 Å². The van der Waals surface area contributed by atoms with Gasteiger partial charge in [0.1, 0.15) is 0 Å². The van der Waals surface area contributed by atoms with Gasteiger partial charge in [0.15, 0.2) is 0 Å². The molecule has 0 aliphatic carbocycles. The highest BCUT2D eigenvalue weighted by Crippen LogP contribution is 2.14. The highest BCUT2D eigenvalue weighted by Gasteiger charge is 2.17. The molecular formula is C14H26N2O. The normalized spacial score (nSPS) is 26.9. The fourth-order valence-electron chi connectivity index (χ4n) is 2.98. The molecule has 0 spiro atoms. The van der Waals surface area contributed by atoms with Crippen LogP contribution >= 0.6 is 0 Å². The average Bonchev–Trinajstić information content (AvgIpc) is 2.81. The van der Waals surface area contributed by atoms with E-state index < -0.39 is 0 Å². The van der Waals surface area contributed by atoms with Gasteiger partial charge < -0.3 is 10.2 Å². The molecule has 1 N–H and O–H groups in total. The van der Waals surface area contributed by atoms with Gasteiger partial charge in [-0.25, -0.2) is 0 Å². The number of carbonyl (C=O) groups excluding carboxylic acids is 1. The smallest absolute Gasteiger partial charge is 0.222 e. The summed E-state index contributed by atoms with van der Waals surface area (Å²) in [6.45, 7) is 3.17. The van der Waals surface area contributed by atoms with Crippen molar-refractivity contribution in [3.63, 3.8) is 0 Å². The van der Waals surface area contributed by atoms with Gasteiger partial charge in [-0.1, -0.05) is 12.8 Å². The largest absolute Gasteiger partial charge is 0.343 e. The monoisotopic (exact) mass is 238 g/mol. The highest BCUT2D eigenvalue weighted by molar-refractivity contribution is 5.76. The van der Waals surface area contributed by atoms with Gasteiger partial charge in [0.05, 0.1) is 0 Å². The second-order valence-electron chi connectivity index (χ2n) is 5.48. The van der Waals surface area contributed by atoms with E-state index in [4.69, 9.17) is 0 Å². The van der Waals surface area contributed by atoms with Gasteiger partial charge >= 0.3 is 0 Å². The summed E-state index contributed by atoms with van der Waals surface area (Å²) in [4.78, 5) is 14.0. The van der Waals surface area contributed by atoms with Gasteiger partial charge in [0.25, 0.3) is 0 Å². The summed E-state index contributed by atoms with van der Waals surface area (Å²) in [5, 5.41) is 3.52. The minimum atomic E-state index is 0.393. The number of nitrogens with one attached hydrogen (secondary N) is 1. The van der Waals surface area contributed by atoms with Crippen molar-refractivity contribution < 1.29 is 4.79 Å². The molecule has 2 aliphatic heterocycles. The van der Waals surface area contributed by atoms with Crippen LogP contribution in [0, 0.1) is 0 Å². The van der Waals surface area contributed by atoms with Crippen molar-refractivity contribution in [1.29, 1.82) is 0 Å². The van der Waals surface area contributed by atoms with E-state index in [1.807, 2.05) is 0 Å². The summed E-state index contributed by atoms with van der Waals surface area (Å²) >= 11 is 0. The molecule has 2 aliphatic rings. The van der Waals surface area contributed by atoms with Crippen molar-refractivity contribution in [3.8, 4) is 0 Å². The van der Waals surface area contributed by atoms with Crippen LogP contribution in [0.4, 0.5) is 0 Å². The SMILES string of the molecule is O=C1CCCCCCN1CCCC1CCCN1. The second-order valence-corrected chi connectivity index (χ2v) is 5.48. The van der Waals surface area contributed by atoms with Crippen LogP contribution in [0.15, 0.2) is 0 Å². The minimum absolute atomic E-state index is 0.393. The summed E-state index contributed by atoms with van der Waals surface area (Å²) in [6.07, 6.45) is 10.7. The zero-order chi connectivity index (χ0) is 11.9. The van der Waals surface area contributed by atoms with Gasteiger partial charge in [-0.3, -0.25) is 4.79 Å². The van der Waals surface area contributed by atoms with Crippen LogP contribution in [-0.4, -0.2) is 36.5 Å². The van der Waals surface area contributed by atoms with Crippen molar-refractivity contribution in [2.75, 3.05) is 19.6 Å². The Labute approximate surface area is 105 Å². The van der Waals surface area contributed by atoms with Crippen molar-refractivity contribution in [1.82, 2.24) is 10.2 Å². The summed E-state index contributed by atoms with van der Waals surface area (Å²) in [5.41, 5.74) is 0. The number of amides is 1. The molecule has 0 aromatic heterocycles. The third-order valence-electron chi connectivity index (χ3n) is 4.06. The van der Waals surface area contributed by atoms with Crippen LogP contribution in [0.25, 0.3) is 0 Å². The van der Waals surface area contributed by atoms with Crippen LogP contribution in [0.2, 0.25) is 0 Å². The first-order chi connectivity index (χ1) is 8.36. The topological polar surface area (TPSA) is 32.3 Å². The van der Waals surface area contributed by atoms with E-state index in [9.17, 15) is 4.79 Å². The number of hydrogen-bond acceptors (Lipinski definition) is 2. The molecule has 17 heavy (non-hydrogen) atoms. The molecule has 1 amide bonds. The predicted octanol–water partition coefficient (Wildman–Crippen LogP) is 2.31. The molecular weight excluding hydrogens is 212 g/mol. The third kappa shape index (κ3) is 4.30. The molecule has 2 saturated heterocycles. The van der Waals surface area contributed by atoms with Gasteiger partial charge in [-0.15, -0.1) is 0 Å². The standard InChI is InChI=1S/C14H26N2O/c17-14-9-3-1-2-4-11-16(14)12-6-8-13-7-5-10-15-13/h13,15H,1-12H2. The van der Waals surface area contributed by atoms with Gasteiger partial charge in [0, 0.05) is 25.6 Å². The number of rotatable bonds is 4. The van der Waals surface area contributed by atoms with E-state index in [1.165, 1.54) is 51.5 Å². The number of carbonyl (C=O) groups is 1. The lowest BCUT2D eigenvalue weighted by Gasteiger charge is -2.25. The number of likely N-dealkylation sites (tertiary alicyclic amines) is 1. The maximum atomic E-state index is 11.9. The zero-order valence-electron chi connectivity index (χ0n) is 10.9. The van der Waals surface area contributed by atoms with E-state index >= 15 is 0 Å². The molecule has 98 valence electrons. The Morgan fingerprint density at radius 1 is 1.18 bits per heavy atom. The third-order valence-corrected chi connectivity index (χ3v) is 4.06. The molecule has 1 atom stereocenters. The van der Waals surface area contributed by atoms with E-state index in [0.29, 0.717) is 5.91 Å². The lowest BCUT2D eigenvalue weighted by atomic mass is 10.1. The van der Waals surface area contributed by atoms with Crippen LogP contribution in [0.5, 0.6) is 0 Å². The number of nitrogens with zero attached hydrogens (tertiary/aromatic N) is 1. The van der Waals surface area contributed by atoms with Gasteiger partial charge in [0.2, 0.25) is 5.91 Å². The van der Waals surface area contributed by atoms with Crippen LogP contribution < -0.4 is 5.32 Å². The Bertz CT molecular complexity index is 236. The molecule has 0 saturated carbocycles. The molecule has 0 radical (unpaired) electrons. The van der Waals surface area contributed by atoms with E-state index in [1.54, 1.807) is 0 Å². The first-order valence-electron chi connectivity index (χ1n) is 7.37. The zero-order valence-corrected chi connectivity index (χ0v) is 10.9. The summed E-state index contributed by atoms with van der Waals surface area (Å²) in [7, 11) is 0.